The highest BCUT2D eigenvalue weighted by molar-refractivity contribution is 7.07. The molecule has 1 unspecified atom stereocenters. The molecule has 2 heterocycles. The fraction of sp³-hybridized carbons (Fsp3) is 0.444. The number of alkyl halides is 3. The largest absolute Gasteiger partial charge is 0.416 e. The van der Waals surface area contributed by atoms with E-state index < -0.39 is 23.4 Å². The maximum atomic E-state index is 13.0. The van der Waals surface area contributed by atoms with E-state index in [0.717, 1.165) is 12.1 Å². The van der Waals surface area contributed by atoms with Crippen LogP contribution in [0.25, 0.3) is 0 Å². The molecule has 26 heavy (non-hydrogen) atoms. The van der Waals surface area contributed by atoms with Gasteiger partial charge >= 0.3 is 6.18 Å². The average Bonchev–Trinajstić information content (AvgIpc) is 3.07. The van der Waals surface area contributed by atoms with Gasteiger partial charge in [-0.25, -0.2) is 4.98 Å². The molecule has 1 aliphatic rings. The predicted octanol–water partition coefficient (Wildman–Crippen LogP) is 4.08. The zero-order valence-electron chi connectivity index (χ0n) is 14.4. The highest BCUT2D eigenvalue weighted by atomic mass is 32.1. The molecule has 4 nitrogen and oxygen atoms in total. The molecule has 1 atom stereocenters. The first-order valence-corrected chi connectivity index (χ1v) is 9.07. The summed E-state index contributed by atoms with van der Waals surface area (Å²) in [6, 6.07) is 5.08. The van der Waals surface area contributed by atoms with Gasteiger partial charge in [0.1, 0.15) is 6.10 Å². The molecule has 1 fully saturated rings. The van der Waals surface area contributed by atoms with Crippen molar-refractivity contribution in [2.45, 2.75) is 38.1 Å². The Hall–Kier alpha value is -1.93. The number of morpholine rings is 1. The van der Waals surface area contributed by atoms with Gasteiger partial charge in [0.25, 0.3) is 0 Å². The zero-order valence-corrected chi connectivity index (χ0v) is 15.2. The normalized spacial score (nSPS) is 20.2. The van der Waals surface area contributed by atoms with E-state index in [0.29, 0.717) is 11.3 Å². The van der Waals surface area contributed by atoms with Crippen LogP contribution in [0.1, 0.15) is 36.8 Å². The van der Waals surface area contributed by atoms with E-state index in [1.54, 1.807) is 16.5 Å². The number of hydrogen-bond donors (Lipinski definition) is 0. The quantitative estimate of drug-likeness (QED) is 0.801. The average molecular weight is 384 g/mol. The van der Waals surface area contributed by atoms with Crippen molar-refractivity contribution in [2.24, 2.45) is 0 Å². The van der Waals surface area contributed by atoms with Crippen molar-refractivity contribution in [1.82, 2.24) is 9.88 Å². The number of rotatable bonds is 3. The van der Waals surface area contributed by atoms with Crippen LogP contribution in [0, 0.1) is 0 Å². The van der Waals surface area contributed by atoms with Gasteiger partial charge in [-0.3, -0.25) is 4.79 Å². The fourth-order valence-electron chi connectivity index (χ4n) is 2.98. The molecule has 0 bridgehead atoms. The SMILES string of the molecule is CC1(C)COC(c2cccc(C(F)(F)F)c2)CN1C(=O)Cc1cscn1. The summed E-state index contributed by atoms with van der Waals surface area (Å²) >= 11 is 1.42. The second kappa shape index (κ2) is 7.00. The van der Waals surface area contributed by atoms with Gasteiger partial charge in [-0.1, -0.05) is 12.1 Å². The van der Waals surface area contributed by atoms with Gasteiger partial charge < -0.3 is 9.64 Å². The Balaban J connectivity index is 1.80. The highest BCUT2D eigenvalue weighted by Crippen LogP contribution is 2.34. The van der Waals surface area contributed by atoms with E-state index in [1.807, 2.05) is 19.2 Å². The molecule has 8 heteroatoms. The number of benzene rings is 1. The minimum absolute atomic E-state index is 0.110. The molecular formula is C18H19F3N2O2S. The maximum Gasteiger partial charge on any atom is 0.416 e. The van der Waals surface area contributed by atoms with Crippen LogP contribution in [0.4, 0.5) is 13.2 Å². The van der Waals surface area contributed by atoms with E-state index in [2.05, 4.69) is 4.98 Å². The van der Waals surface area contributed by atoms with Crippen molar-refractivity contribution in [1.29, 1.82) is 0 Å². The smallest absolute Gasteiger partial charge is 0.369 e. The van der Waals surface area contributed by atoms with E-state index >= 15 is 0 Å². The first-order chi connectivity index (χ1) is 12.2. The van der Waals surface area contributed by atoms with E-state index in [-0.39, 0.29) is 25.5 Å². The molecule has 0 N–H and O–H groups in total. The van der Waals surface area contributed by atoms with Crippen molar-refractivity contribution in [3.63, 3.8) is 0 Å². The van der Waals surface area contributed by atoms with Crippen LogP contribution in [0.2, 0.25) is 0 Å². The minimum atomic E-state index is -4.41. The molecule has 1 aromatic carbocycles. The molecule has 1 aliphatic heterocycles. The topological polar surface area (TPSA) is 42.4 Å². The van der Waals surface area contributed by atoms with Crippen LogP contribution in [0.5, 0.6) is 0 Å². The third kappa shape index (κ3) is 4.07. The Morgan fingerprint density at radius 2 is 2.19 bits per heavy atom. The Bertz CT molecular complexity index is 775. The lowest BCUT2D eigenvalue weighted by Crippen LogP contribution is -2.56. The summed E-state index contributed by atoms with van der Waals surface area (Å²) in [5.74, 6) is -0.110. The molecule has 140 valence electrons. The Kier molecular flexibility index (Phi) is 5.07. The van der Waals surface area contributed by atoms with Crippen molar-refractivity contribution in [3.05, 3.63) is 52.0 Å². The zero-order chi connectivity index (χ0) is 18.9. The third-order valence-corrected chi connectivity index (χ3v) is 5.05. The van der Waals surface area contributed by atoms with E-state index in [1.165, 1.54) is 17.4 Å². The molecular weight excluding hydrogens is 365 g/mol. The number of nitrogens with zero attached hydrogens (tertiary/aromatic N) is 2. The van der Waals surface area contributed by atoms with Crippen LogP contribution in [-0.4, -0.2) is 34.5 Å². The third-order valence-electron chi connectivity index (χ3n) is 4.42. The Morgan fingerprint density at radius 1 is 1.42 bits per heavy atom. The lowest BCUT2D eigenvalue weighted by Gasteiger charge is -2.45. The highest BCUT2D eigenvalue weighted by Gasteiger charge is 2.39. The van der Waals surface area contributed by atoms with Crippen LogP contribution in [0.3, 0.4) is 0 Å². The molecule has 3 rings (SSSR count). The number of carbonyl (C=O) groups is 1. The second-order valence-electron chi connectivity index (χ2n) is 6.90. The second-order valence-corrected chi connectivity index (χ2v) is 7.61. The molecule has 0 saturated carbocycles. The van der Waals surface area contributed by atoms with E-state index in [9.17, 15) is 18.0 Å². The minimum Gasteiger partial charge on any atom is -0.369 e. The number of amides is 1. The summed E-state index contributed by atoms with van der Waals surface area (Å²) in [7, 11) is 0. The van der Waals surface area contributed by atoms with Gasteiger partial charge in [-0.05, 0) is 31.5 Å². The van der Waals surface area contributed by atoms with Gasteiger partial charge in [0.2, 0.25) is 5.91 Å². The molecule has 1 saturated heterocycles. The maximum absolute atomic E-state index is 13.0. The van der Waals surface area contributed by atoms with Crippen molar-refractivity contribution in [2.75, 3.05) is 13.2 Å². The van der Waals surface area contributed by atoms with Crippen molar-refractivity contribution >= 4 is 17.2 Å². The number of ether oxygens (including phenoxy) is 1. The van der Waals surface area contributed by atoms with Crippen LogP contribution in [0.15, 0.2) is 35.2 Å². The standard InChI is InChI=1S/C18H19F3N2O2S/c1-17(2)10-25-15(12-4-3-5-13(6-12)18(19,20)21)8-23(17)16(24)7-14-9-26-11-22-14/h3-6,9,11,15H,7-8,10H2,1-2H3. The molecule has 0 spiro atoms. The summed E-state index contributed by atoms with van der Waals surface area (Å²) in [5, 5.41) is 1.82. The van der Waals surface area contributed by atoms with Gasteiger partial charge in [0.15, 0.2) is 0 Å². The van der Waals surface area contributed by atoms with Crippen LogP contribution >= 0.6 is 11.3 Å². The Morgan fingerprint density at radius 3 is 2.85 bits per heavy atom. The number of thiazole rings is 1. The number of halogens is 3. The molecule has 0 aliphatic carbocycles. The van der Waals surface area contributed by atoms with Gasteiger partial charge in [-0.15, -0.1) is 11.3 Å². The van der Waals surface area contributed by atoms with Gasteiger partial charge in [-0.2, -0.15) is 13.2 Å². The summed E-state index contributed by atoms with van der Waals surface area (Å²) in [6.07, 6.45) is -4.84. The van der Waals surface area contributed by atoms with Crippen LogP contribution in [-0.2, 0) is 22.1 Å². The number of hydrogen-bond acceptors (Lipinski definition) is 4. The summed E-state index contributed by atoms with van der Waals surface area (Å²) in [4.78, 5) is 18.5. The lowest BCUT2D eigenvalue weighted by molar-refractivity contribution is -0.154. The molecule has 1 aromatic heterocycles. The van der Waals surface area contributed by atoms with Gasteiger partial charge in [0, 0.05) is 5.38 Å². The number of aromatic nitrogens is 1. The summed E-state index contributed by atoms with van der Waals surface area (Å²) < 4.78 is 44.7. The first-order valence-electron chi connectivity index (χ1n) is 8.13. The monoisotopic (exact) mass is 384 g/mol. The summed E-state index contributed by atoms with van der Waals surface area (Å²) in [6.45, 7) is 4.22. The van der Waals surface area contributed by atoms with Gasteiger partial charge in [0.05, 0.1) is 41.9 Å². The summed E-state index contributed by atoms with van der Waals surface area (Å²) in [5.41, 5.74) is 1.52. The predicted molar refractivity (Wildman–Crippen MR) is 91.7 cm³/mol. The molecule has 0 radical (unpaired) electrons. The Labute approximate surface area is 153 Å². The van der Waals surface area contributed by atoms with Crippen molar-refractivity contribution < 1.29 is 22.7 Å². The van der Waals surface area contributed by atoms with Crippen molar-refractivity contribution in [3.8, 4) is 0 Å². The molecule has 2 aromatic rings. The lowest BCUT2D eigenvalue weighted by atomic mass is 9.96. The fourth-order valence-corrected chi connectivity index (χ4v) is 3.54. The van der Waals surface area contributed by atoms with E-state index in [4.69, 9.17) is 4.74 Å². The molecule has 1 amide bonds. The first kappa shape index (κ1) is 18.8. The van der Waals surface area contributed by atoms with Crippen LogP contribution < -0.4 is 0 Å². The number of carbonyl (C=O) groups excluding carboxylic acids is 1.